The van der Waals surface area contributed by atoms with E-state index in [1.54, 1.807) is 19.2 Å². The Hall–Kier alpha value is -1.57. The van der Waals surface area contributed by atoms with Crippen LogP contribution in [0.2, 0.25) is 0 Å². The molecule has 0 amide bonds. The van der Waals surface area contributed by atoms with Gasteiger partial charge in [-0.15, -0.1) is 0 Å². The van der Waals surface area contributed by atoms with Gasteiger partial charge >= 0.3 is 0 Å². The Morgan fingerprint density at radius 3 is 2.88 bits per heavy atom. The molecule has 0 aliphatic heterocycles. The molecular weight excluding hydrogens is 204 g/mol. The molecule has 1 aromatic rings. The van der Waals surface area contributed by atoms with Crippen molar-refractivity contribution < 1.29 is 9.84 Å². The first-order valence-corrected chi connectivity index (χ1v) is 5.12. The number of nitrogens with one attached hydrogen (secondary N) is 1. The molecule has 4 nitrogen and oxygen atoms in total. The van der Waals surface area contributed by atoms with Crippen molar-refractivity contribution in [3.8, 4) is 11.8 Å². The van der Waals surface area contributed by atoms with E-state index in [2.05, 4.69) is 11.4 Å². The number of hydrogen-bond acceptors (Lipinski definition) is 4. The van der Waals surface area contributed by atoms with Crippen LogP contribution in [0.15, 0.2) is 18.2 Å². The van der Waals surface area contributed by atoms with Gasteiger partial charge in [0, 0.05) is 12.6 Å². The molecule has 0 aliphatic carbocycles. The van der Waals surface area contributed by atoms with Crippen molar-refractivity contribution in [3.05, 3.63) is 29.3 Å². The van der Waals surface area contributed by atoms with Crippen LogP contribution in [-0.4, -0.2) is 24.9 Å². The fourth-order valence-corrected chi connectivity index (χ4v) is 1.31. The van der Waals surface area contributed by atoms with Crippen LogP contribution in [0, 0.1) is 11.3 Å². The van der Waals surface area contributed by atoms with Crippen LogP contribution < -0.4 is 10.1 Å². The molecule has 1 atom stereocenters. The number of aliphatic hydroxyl groups is 1. The zero-order chi connectivity index (χ0) is 12.0. The Labute approximate surface area is 95.5 Å². The van der Waals surface area contributed by atoms with E-state index in [1.165, 1.54) is 0 Å². The lowest BCUT2D eigenvalue weighted by atomic mass is 10.1. The molecule has 1 rings (SSSR count). The van der Waals surface area contributed by atoms with E-state index in [1.807, 2.05) is 13.0 Å². The lowest BCUT2D eigenvalue weighted by molar-refractivity contribution is 0.251. The van der Waals surface area contributed by atoms with Crippen LogP contribution in [0.4, 0.5) is 0 Å². The molecule has 0 spiro atoms. The maximum atomic E-state index is 8.91. The predicted molar refractivity (Wildman–Crippen MR) is 61.1 cm³/mol. The topological polar surface area (TPSA) is 65.3 Å². The third-order valence-corrected chi connectivity index (χ3v) is 2.31. The first-order valence-electron chi connectivity index (χ1n) is 5.12. The van der Waals surface area contributed by atoms with Crippen molar-refractivity contribution in [2.45, 2.75) is 19.5 Å². The first-order chi connectivity index (χ1) is 7.71. The van der Waals surface area contributed by atoms with Gasteiger partial charge in [-0.05, 0) is 24.6 Å². The summed E-state index contributed by atoms with van der Waals surface area (Å²) in [5.74, 6) is 0.585. The maximum absolute atomic E-state index is 8.91. The van der Waals surface area contributed by atoms with Crippen molar-refractivity contribution in [2.24, 2.45) is 0 Å². The van der Waals surface area contributed by atoms with E-state index in [0.717, 1.165) is 5.56 Å². The van der Waals surface area contributed by atoms with E-state index in [0.29, 0.717) is 17.9 Å². The molecule has 0 heterocycles. The summed E-state index contributed by atoms with van der Waals surface area (Å²) in [4.78, 5) is 0. The average Bonchev–Trinajstić information content (AvgIpc) is 2.35. The summed E-state index contributed by atoms with van der Waals surface area (Å²) >= 11 is 0. The van der Waals surface area contributed by atoms with Gasteiger partial charge in [0.05, 0.1) is 19.3 Å². The third kappa shape index (κ3) is 3.23. The monoisotopic (exact) mass is 220 g/mol. The number of methoxy groups -OCH3 is 1. The summed E-state index contributed by atoms with van der Waals surface area (Å²) in [7, 11) is 1.54. The second-order valence-corrected chi connectivity index (χ2v) is 3.61. The Kier molecular flexibility index (Phi) is 4.77. The van der Waals surface area contributed by atoms with Crippen LogP contribution in [0.5, 0.6) is 5.75 Å². The highest BCUT2D eigenvalue weighted by atomic mass is 16.5. The highest BCUT2D eigenvalue weighted by molar-refractivity contribution is 5.45. The molecular formula is C12H16N2O2. The van der Waals surface area contributed by atoms with Gasteiger partial charge < -0.3 is 15.2 Å². The van der Waals surface area contributed by atoms with Gasteiger partial charge in [-0.1, -0.05) is 6.07 Å². The van der Waals surface area contributed by atoms with Crippen molar-refractivity contribution in [3.63, 3.8) is 0 Å². The molecule has 0 aliphatic rings. The molecule has 4 heteroatoms. The van der Waals surface area contributed by atoms with Crippen LogP contribution in [0.25, 0.3) is 0 Å². The first kappa shape index (κ1) is 12.5. The van der Waals surface area contributed by atoms with E-state index in [4.69, 9.17) is 15.1 Å². The van der Waals surface area contributed by atoms with Gasteiger partial charge in [0.1, 0.15) is 11.8 Å². The zero-order valence-corrected chi connectivity index (χ0v) is 9.53. The summed E-state index contributed by atoms with van der Waals surface area (Å²) in [6, 6.07) is 7.60. The van der Waals surface area contributed by atoms with Gasteiger partial charge in [0.15, 0.2) is 0 Å². The second kappa shape index (κ2) is 6.11. The van der Waals surface area contributed by atoms with Gasteiger partial charge in [0.2, 0.25) is 0 Å². The van der Waals surface area contributed by atoms with Crippen LogP contribution in [-0.2, 0) is 6.54 Å². The van der Waals surface area contributed by atoms with Gasteiger partial charge in [-0.25, -0.2) is 0 Å². The van der Waals surface area contributed by atoms with Crippen LogP contribution in [0.1, 0.15) is 18.1 Å². The van der Waals surface area contributed by atoms with Crippen molar-refractivity contribution in [2.75, 3.05) is 13.7 Å². The number of aliphatic hydroxyl groups excluding tert-OH is 1. The standard InChI is InChI=1S/C12H16N2O2/c1-9(8-15)14-7-10-3-4-12(16-2)11(5-10)6-13/h3-5,9,14-15H,7-8H2,1-2H3/t9-/m1/s1. The van der Waals surface area contributed by atoms with E-state index in [-0.39, 0.29) is 12.6 Å². The number of hydrogen-bond donors (Lipinski definition) is 2. The van der Waals surface area contributed by atoms with Crippen molar-refractivity contribution in [1.82, 2.24) is 5.32 Å². The number of ether oxygens (including phenoxy) is 1. The molecule has 0 saturated heterocycles. The molecule has 0 aromatic heterocycles. The van der Waals surface area contributed by atoms with Gasteiger partial charge in [-0.3, -0.25) is 0 Å². The highest BCUT2D eigenvalue weighted by Crippen LogP contribution is 2.18. The summed E-state index contributed by atoms with van der Waals surface area (Å²) in [5, 5.41) is 20.9. The van der Waals surface area contributed by atoms with Crippen LogP contribution in [0.3, 0.4) is 0 Å². The second-order valence-electron chi connectivity index (χ2n) is 3.61. The number of nitrogens with zero attached hydrogens (tertiary/aromatic N) is 1. The van der Waals surface area contributed by atoms with Crippen LogP contribution >= 0.6 is 0 Å². The minimum absolute atomic E-state index is 0.0487. The van der Waals surface area contributed by atoms with E-state index in [9.17, 15) is 0 Å². The summed E-state index contributed by atoms with van der Waals surface area (Å²) in [6.07, 6.45) is 0. The molecule has 0 saturated carbocycles. The average molecular weight is 220 g/mol. The molecule has 0 fully saturated rings. The van der Waals surface area contributed by atoms with Gasteiger partial charge in [-0.2, -0.15) is 5.26 Å². The minimum atomic E-state index is 0.0487. The summed E-state index contributed by atoms with van der Waals surface area (Å²) < 4.78 is 5.06. The molecule has 16 heavy (non-hydrogen) atoms. The Balaban J connectivity index is 2.72. The predicted octanol–water partition coefficient (Wildman–Crippen LogP) is 1.04. The van der Waals surface area contributed by atoms with Crippen molar-refractivity contribution in [1.29, 1.82) is 5.26 Å². The quantitative estimate of drug-likeness (QED) is 0.778. The normalized spacial score (nSPS) is 11.9. The minimum Gasteiger partial charge on any atom is -0.495 e. The fourth-order valence-electron chi connectivity index (χ4n) is 1.31. The molecule has 0 unspecified atom stereocenters. The lowest BCUT2D eigenvalue weighted by Crippen LogP contribution is -2.28. The largest absolute Gasteiger partial charge is 0.495 e. The van der Waals surface area contributed by atoms with E-state index < -0.39 is 0 Å². The number of nitriles is 1. The molecule has 0 radical (unpaired) electrons. The number of benzene rings is 1. The van der Waals surface area contributed by atoms with E-state index >= 15 is 0 Å². The maximum Gasteiger partial charge on any atom is 0.136 e. The molecule has 0 bridgehead atoms. The summed E-state index contributed by atoms with van der Waals surface area (Å²) in [6.45, 7) is 2.62. The fraction of sp³-hybridized carbons (Fsp3) is 0.417. The third-order valence-electron chi connectivity index (χ3n) is 2.31. The molecule has 1 aromatic carbocycles. The lowest BCUT2D eigenvalue weighted by Gasteiger charge is -2.11. The Morgan fingerprint density at radius 1 is 1.56 bits per heavy atom. The SMILES string of the molecule is COc1ccc(CN[C@H](C)CO)cc1C#N. The number of rotatable bonds is 5. The zero-order valence-electron chi connectivity index (χ0n) is 9.53. The molecule has 2 N–H and O–H groups in total. The summed E-state index contributed by atoms with van der Waals surface area (Å²) in [5.41, 5.74) is 1.52. The Bertz CT molecular complexity index is 385. The Morgan fingerprint density at radius 2 is 2.31 bits per heavy atom. The smallest absolute Gasteiger partial charge is 0.136 e. The van der Waals surface area contributed by atoms with Crippen molar-refractivity contribution >= 4 is 0 Å². The molecule has 86 valence electrons. The van der Waals surface area contributed by atoms with Gasteiger partial charge in [0.25, 0.3) is 0 Å². The highest BCUT2D eigenvalue weighted by Gasteiger charge is 2.04.